The van der Waals surface area contributed by atoms with Crippen LogP contribution < -0.4 is 0 Å². The maximum Gasteiger partial charge on any atom is 0.416 e. The van der Waals surface area contributed by atoms with Gasteiger partial charge in [-0.2, -0.15) is 13.2 Å². The fraction of sp³-hybridized carbons (Fsp3) is 0.444. The second-order valence-corrected chi connectivity index (χ2v) is 7.33. The summed E-state index contributed by atoms with van der Waals surface area (Å²) in [5.74, 6) is 1.68. The quantitative estimate of drug-likeness (QED) is 0.548. The Labute approximate surface area is 142 Å². The van der Waals surface area contributed by atoms with E-state index in [2.05, 4.69) is 4.98 Å². The molecule has 1 aliphatic rings. The molecule has 0 spiro atoms. The summed E-state index contributed by atoms with van der Waals surface area (Å²) in [7, 11) is 0. The van der Waals surface area contributed by atoms with Gasteiger partial charge in [0.05, 0.1) is 11.1 Å². The van der Waals surface area contributed by atoms with Gasteiger partial charge in [0.25, 0.3) is 0 Å². The molecule has 0 radical (unpaired) electrons. The summed E-state index contributed by atoms with van der Waals surface area (Å²) in [5, 5.41) is 0.761. The molecule has 3 rings (SSSR count). The van der Waals surface area contributed by atoms with Crippen LogP contribution in [0.25, 0.3) is 10.9 Å². The molecule has 6 heteroatoms. The molecule has 0 bridgehead atoms. The lowest BCUT2D eigenvalue weighted by molar-refractivity contribution is -0.137. The molecule has 1 fully saturated rings. The van der Waals surface area contributed by atoms with Gasteiger partial charge in [0, 0.05) is 28.1 Å². The van der Waals surface area contributed by atoms with Crippen LogP contribution in [0.15, 0.2) is 35.4 Å². The average molecular weight is 353 g/mol. The second kappa shape index (κ2) is 7.13. The van der Waals surface area contributed by atoms with E-state index in [4.69, 9.17) is 0 Å². The number of hydrogen-bond acceptors (Lipinski definition) is 3. The number of carbonyl (C=O) groups is 1. The van der Waals surface area contributed by atoms with Crippen LogP contribution in [0.4, 0.5) is 13.2 Å². The summed E-state index contributed by atoms with van der Waals surface area (Å²) in [4.78, 5) is 15.8. The molecule has 0 atom stereocenters. The normalized spacial score (nSPS) is 21.8. The van der Waals surface area contributed by atoms with Crippen LogP contribution in [0, 0.1) is 11.8 Å². The predicted octanol–water partition coefficient (Wildman–Crippen LogP) is 5.35. The zero-order valence-electron chi connectivity index (χ0n) is 13.1. The van der Waals surface area contributed by atoms with Crippen molar-refractivity contribution in [1.29, 1.82) is 0 Å². The van der Waals surface area contributed by atoms with E-state index in [0.717, 1.165) is 60.1 Å². The monoisotopic (exact) mass is 353 g/mol. The molecule has 0 N–H and O–H groups in total. The van der Waals surface area contributed by atoms with E-state index < -0.39 is 11.7 Å². The molecule has 2 nitrogen and oxygen atoms in total. The summed E-state index contributed by atoms with van der Waals surface area (Å²) >= 11 is 1.67. The third-order valence-electron chi connectivity index (χ3n) is 4.59. The molecule has 0 aliphatic heterocycles. The van der Waals surface area contributed by atoms with E-state index in [-0.39, 0.29) is 5.92 Å². The standard InChI is InChI=1S/C18H18F3NOS/c19-18(20,21)14-5-6-15-16(9-14)22-8-7-17(15)24-11-13-3-1-12(10-23)2-4-13/h5-10,12-13H,1-4,11H2. The van der Waals surface area contributed by atoms with Crippen molar-refractivity contribution in [3.05, 3.63) is 36.0 Å². The highest BCUT2D eigenvalue weighted by atomic mass is 32.2. The SMILES string of the molecule is O=CC1CCC(CSc2ccnc3cc(C(F)(F)F)ccc23)CC1. The molecule has 0 amide bonds. The molecule has 2 aromatic rings. The summed E-state index contributed by atoms with van der Waals surface area (Å²) in [5.41, 5.74) is -0.295. The first-order valence-electron chi connectivity index (χ1n) is 8.01. The third-order valence-corrected chi connectivity index (χ3v) is 5.89. The van der Waals surface area contributed by atoms with Gasteiger partial charge >= 0.3 is 6.18 Å². The number of halogens is 3. The van der Waals surface area contributed by atoms with Crippen LogP contribution in [0.5, 0.6) is 0 Å². The predicted molar refractivity (Wildman–Crippen MR) is 89.0 cm³/mol. The van der Waals surface area contributed by atoms with Crippen LogP contribution >= 0.6 is 11.8 Å². The Kier molecular flexibility index (Phi) is 5.13. The lowest BCUT2D eigenvalue weighted by Crippen LogP contribution is -2.16. The Morgan fingerprint density at radius 1 is 1.17 bits per heavy atom. The van der Waals surface area contributed by atoms with Gasteiger partial charge in [0.15, 0.2) is 0 Å². The number of pyridine rings is 1. The summed E-state index contributed by atoms with van der Waals surface area (Å²) in [6.07, 6.45) is 2.24. The number of nitrogens with zero attached hydrogens (tertiary/aromatic N) is 1. The molecule has 1 heterocycles. The highest BCUT2D eigenvalue weighted by molar-refractivity contribution is 7.99. The minimum atomic E-state index is -4.35. The van der Waals surface area contributed by atoms with Gasteiger partial charge in [-0.3, -0.25) is 4.98 Å². The fourth-order valence-corrected chi connectivity index (χ4v) is 4.36. The van der Waals surface area contributed by atoms with Crippen LogP contribution in [0.2, 0.25) is 0 Å². The van der Waals surface area contributed by atoms with Crippen LogP contribution in [0.1, 0.15) is 31.2 Å². The fourth-order valence-electron chi connectivity index (χ4n) is 3.12. The summed E-state index contributed by atoms with van der Waals surface area (Å²) < 4.78 is 38.4. The number of aromatic nitrogens is 1. The average Bonchev–Trinajstić information content (AvgIpc) is 2.59. The van der Waals surface area contributed by atoms with E-state index in [1.54, 1.807) is 18.0 Å². The lowest BCUT2D eigenvalue weighted by Gasteiger charge is -2.25. The Hall–Kier alpha value is -1.56. The van der Waals surface area contributed by atoms with Crippen molar-refractivity contribution >= 4 is 29.0 Å². The number of alkyl halides is 3. The molecule has 128 valence electrons. The van der Waals surface area contributed by atoms with Gasteiger partial charge in [-0.25, -0.2) is 0 Å². The Bertz CT molecular complexity index is 724. The molecule has 0 unspecified atom stereocenters. The van der Waals surface area contributed by atoms with Gasteiger partial charge < -0.3 is 4.79 Å². The van der Waals surface area contributed by atoms with Crippen LogP contribution in [-0.4, -0.2) is 17.0 Å². The van der Waals surface area contributed by atoms with Crippen molar-refractivity contribution in [2.24, 2.45) is 11.8 Å². The highest BCUT2D eigenvalue weighted by Gasteiger charge is 2.30. The Balaban J connectivity index is 1.72. The van der Waals surface area contributed by atoms with Gasteiger partial charge in [-0.05, 0) is 49.8 Å². The first-order valence-corrected chi connectivity index (χ1v) is 9.00. The Morgan fingerprint density at radius 2 is 1.92 bits per heavy atom. The highest BCUT2D eigenvalue weighted by Crippen LogP contribution is 2.36. The molecule has 1 saturated carbocycles. The zero-order valence-corrected chi connectivity index (χ0v) is 13.9. The number of aldehydes is 1. The molecular formula is C18H18F3NOS. The van der Waals surface area contributed by atoms with Gasteiger partial charge in [0.1, 0.15) is 6.29 Å². The summed E-state index contributed by atoms with van der Waals surface area (Å²) in [6, 6.07) is 5.59. The molecule has 0 saturated heterocycles. The van der Waals surface area contributed by atoms with E-state index in [9.17, 15) is 18.0 Å². The number of thioether (sulfide) groups is 1. The van der Waals surface area contributed by atoms with Crippen LogP contribution in [-0.2, 0) is 11.0 Å². The van der Waals surface area contributed by atoms with Crippen molar-refractivity contribution in [3.63, 3.8) is 0 Å². The number of carbonyl (C=O) groups excluding carboxylic acids is 1. The molecule has 1 aromatic carbocycles. The van der Waals surface area contributed by atoms with E-state index in [0.29, 0.717) is 11.4 Å². The van der Waals surface area contributed by atoms with Crippen molar-refractivity contribution < 1.29 is 18.0 Å². The topological polar surface area (TPSA) is 30.0 Å². The maximum atomic E-state index is 12.8. The number of rotatable bonds is 4. The van der Waals surface area contributed by atoms with E-state index in [1.807, 2.05) is 6.07 Å². The third kappa shape index (κ3) is 3.91. The van der Waals surface area contributed by atoms with Crippen molar-refractivity contribution in [3.8, 4) is 0 Å². The molecule has 1 aliphatic carbocycles. The molecule has 1 aromatic heterocycles. The smallest absolute Gasteiger partial charge is 0.303 e. The van der Waals surface area contributed by atoms with Crippen molar-refractivity contribution in [1.82, 2.24) is 4.98 Å². The second-order valence-electron chi connectivity index (χ2n) is 6.27. The van der Waals surface area contributed by atoms with Gasteiger partial charge in [-0.15, -0.1) is 11.8 Å². The Morgan fingerprint density at radius 3 is 2.58 bits per heavy atom. The van der Waals surface area contributed by atoms with E-state index >= 15 is 0 Å². The number of hydrogen-bond donors (Lipinski definition) is 0. The zero-order chi connectivity index (χ0) is 17.2. The first kappa shape index (κ1) is 17.3. The number of fused-ring (bicyclic) bond motifs is 1. The summed E-state index contributed by atoms with van der Waals surface area (Å²) in [6.45, 7) is 0. The van der Waals surface area contributed by atoms with Crippen LogP contribution in [0.3, 0.4) is 0 Å². The minimum Gasteiger partial charge on any atom is -0.303 e. The van der Waals surface area contributed by atoms with Gasteiger partial charge in [0.2, 0.25) is 0 Å². The van der Waals surface area contributed by atoms with Crippen molar-refractivity contribution in [2.75, 3.05) is 5.75 Å². The van der Waals surface area contributed by atoms with Crippen molar-refractivity contribution in [2.45, 2.75) is 36.8 Å². The molecule has 24 heavy (non-hydrogen) atoms. The first-order chi connectivity index (χ1) is 11.5. The van der Waals surface area contributed by atoms with Gasteiger partial charge in [-0.1, -0.05) is 6.07 Å². The molecular weight excluding hydrogens is 335 g/mol. The van der Waals surface area contributed by atoms with E-state index in [1.165, 1.54) is 6.07 Å². The number of benzene rings is 1. The minimum absolute atomic E-state index is 0.203. The maximum absolute atomic E-state index is 12.8. The largest absolute Gasteiger partial charge is 0.416 e. The lowest BCUT2D eigenvalue weighted by atomic mass is 9.84.